The van der Waals surface area contributed by atoms with Gasteiger partial charge in [0.2, 0.25) is 11.8 Å². The first-order chi connectivity index (χ1) is 12.1. The number of anilines is 1. The van der Waals surface area contributed by atoms with Gasteiger partial charge in [0.05, 0.1) is 0 Å². The summed E-state index contributed by atoms with van der Waals surface area (Å²) in [4.78, 5) is 25.7. The molecule has 0 aliphatic carbocycles. The van der Waals surface area contributed by atoms with Crippen molar-refractivity contribution < 1.29 is 9.59 Å². The van der Waals surface area contributed by atoms with Crippen molar-refractivity contribution in [1.82, 2.24) is 5.32 Å². The van der Waals surface area contributed by atoms with Gasteiger partial charge in [-0.15, -0.1) is 12.3 Å². The van der Waals surface area contributed by atoms with Gasteiger partial charge in [-0.3, -0.25) is 9.59 Å². The highest BCUT2D eigenvalue weighted by Crippen LogP contribution is 2.37. The van der Waals surface area contributed by atoms with Crippen molar-refractivity contribution in [1.29, 1.82) is 0 Å². The Labute approximate surface area is 147 Å². The molecule has 0 spiro atoms. The molecule has 2 amide bonds. The van der Waals surface area contributed by atoms with E-state index >= 15 is 0 Å². The van der Waals surface area contributed by atoms with Gasteiger partial charge < -0.3 is 10.2 Å². The van der Waals surface area contributed by atoms with Crippen molar-refractivity contribution in [3.63, 3.8) is 0 Å². The summed E-state index contributed by atoms with van der Waals surface area (Å²) in [5.74, 6) is 2.72. The van der Waals surface area contributed by atoms with Gasteiger partial charge in [-0.2, -0.15) is 10.2 Å². The van der Waals surface area contributed by atoms with Gasteiger partial charge in [0.15, 0.2) is 5.66 Å². The van der Waals surface area contributed by atoms with Crippen LogP contribution >= 0.6 is 0 Å². The topological polar surface area (TPSA) is 74.1 Å². The first-order valence-electron chi connectivity index (χ1n) is 8.65. The van der Waals surface area contributed by atoms with E-state index < -0.39 is 5.66 Å². The summed E-state index contributed by atoms with van der Waals surface area (Å²) in [6.45, 7) is 1.21. The van der Waals surface area contributed by atoms with E-state index in [0.717, 1.165) is 24.2 Å². The lowest BCUT2D eigenvalue weighted by Crippen LogP contribution is -2.26. The van der Waals surface area contributed by atoms with E-state index in [4.69, 9.17) is 6.42 Å². The average Bonchev–Trinajstić information content (AvgIpc) is 3.28. The molecule has 0 aromatic heterocycles. The second-order valence-electron chi connectivity index (χ2n) is 6.48. The van der Waals surface area contributed by atoms with E-state index in [1.807, 2.05) is 24.3 Å². The van der Waals surface area contributed by atoms with Crippen LogP contribution in [0.1, 0.15) is 44.1 Å². The van der Waals surface area contributed by atoms with Crippen LogP contribution in [0.25, 0.3) is 0 Å². The van der Waals surface area contributed by atoms with E-state index in [-0.39, 0.29) is 11.8 Å². The maximum Gasteiger partial charge on any atom is 0.227 e. The molecule has 2 heterocycles. The maximum atomic E-state index is 12.1. The number of nitrogens with one attached hydrogen (secondary N) is 1. The SMILES string of the molecule is C#CCCC1(CCC(=O)NCc2cccc(N3CCCC3=O)c2)N=N1. The maximum absolute atomic E-state index is 12.1. The zero-order chi connectivity index (χ0) is 17.7. The van der Waals surface area contributed by atoms with E-state index in [2.05, 4.69) is 21.5 Å². The van der Waals surface area contributed by atoms with Crippen LogP contribution in [-0.2, 0) is 16.1 Å². The van der Waals surface area contributed by atoms with E-state index in [1.165, 1.54) is 0 Å². The lowest BCUT2D eigenvalue weighted by atomic mass is 10.0. The van der Waals surface area contributed by atoms with Crippen LogP contribution in [0.15, 0.2) is 34.5 Å². The molecule has 1 aromatic rings. The Hall–Kier alpha value is -2.68. The third kappa shape index (κ3) is 4.44. The summed E-state index contributed by atoms with van der Waals surface area (Å²) >= 11 is 0. The standard InChI is InChI=1S/C19H22N4O2/c1-2-3-10-19(21-22-19)11-9-17(24)20-14-15-6-4-7-16(13-15)23-12-5-8-18(23)25/h1,4,6-7,13H,3,5,8-12,14H2,(H,20,24). The van der Waals surface area contributed by atoms with Gasteiger partial charge in [0.1, 0.15) is 0 Å². The molecule has 1 N–H and O–H groups in total. The van der Waals surface area contributed by atoms with Crippen LogP contribution in [0.4, 0.5) is 5.69 Å². The number of amides is 2. The highest BCUT2D eigenvalue weighted by atomic mass is 16.2. The number of rotatable bonds is 8. The number of hydrogen-bond acceptors (Lipinski definition) is 4. The van der Waals surface area contributed by atoms with Gasteiger partial charge in [-0.05, 0) is 24.1 Å². The molecule has 1 saturated heterocycles. The van der Waals surface area contributed by atoms with Crippen molar-refractivity contribution in [2.45, 2.75) is 50.7 Å². The Morgan fingerprint density at radius 1 is 1.36 bits per heavy atom. The fraction of sp³-hybridized carbons (Fsp3) is 0.474. The highest BCUT2D eigenvalue weighted by molar-refractivity contribution is 5.95. The molecule has 2 aliphatic heterocycles. The molecule has 2 aliphatic rings. The third-order valence-electron chi connectivity index (χ3n) is 4.59. The molecule has 0 unspecified atom stereocenters. The Balaban J connectivity index is 1.46. The molecule has 6 heteroatoms. The summed E-state index contributed by atoms with van der Waals surface area (Å²) < 4.78 is 0. The quantitative estimate of drug-likeness (QED) is 0.740. The molecular weight excluding hydrogens is 316 g/mol. The minimum absolute atomic E-state index is 0.0277. The average molecular weight is 338 g/mol. The molecule has 3 rings (SSSR count). The first kappa shape index (κ1) is 17.2. The predicted molar refractivity (Wildman–Crippen MR) is 94.8 cm³/mol. The van der Waals surface area contributed by atoms with Crippen LogP contribution in [0.2, 0.25) is 0 Å². The summed E-state index contributed by atoms with van der Waals surface area (Å²) in [7, 11) is 0. The Bertz CT molecular complexity index is 729. The molecule has 6 nitrogen and oxygen atoms in total. The predicted octanol–water partition coefficient (Wildman–Crippen LogP) is 2.79. The molecule has 0 saturated carbocycles. The van der Waals surface area contributed by atoms with Crippen molar-refractivity contribution in [3.05, 3.63) is 29.8 Å². The van der Waals surface area contributed by atoms with Crippen LogP contribution in [0.5, 0.6) is 0 Å². The number of carbonyl (C=O) groups is 2. The normalized spacial score (nSPS) is 17.4. The molecule has 1 aromatic carbocycles. The second-order valence-corrected chi connectivity index (χ2v) is 6.48. The van der Waals surface area contributed by atoms with Crippen molar-refractivity contribution in [3.8, 4) is 12.3 Å². The van der Waals surface area contributed by atoms with Gasteiger partial charge in [0.25, 0.3) is 0 Å². The summed E-state index contributed by atoms with van der Waals surface area (Å²) in [5.41, 5.74) is 1.46. The Morgan fingerprint density at radius 2 is 2.20 bits per heavy atom. The molecule has 0 bridgehead atoms. The Morgan fingerprint density at radius 3 is 2.88 bits per heavy atom. The molecule has 0 radical (unpaired) electrons. The van der Waals surface area contributed by atoms with Crippen LogP contribution in [0, 0.1) is 12.3 Å². The molecule has 25 heavy (non-hydrogen) atoms. The van der Waals surface area contributed by atoms with Crippen LogP contribution < -0.4 is 10.2 Å². The molecule has 0 atom stereocenters. The number of benzene rings is 1. The van der Waals surface area contributed by atoms with E-state index in [0.29, 0.717) is 38.6 Å². The minimum atomic E-state index is -0.417. The van der Waals surface area contributed by atoms with Gasteiger partial charge in [-0.25, -0.2) is 0 Å². The summed E-state index contributed by atoms with van der Waals surface area (Å²) in [6.07, 6.45) is 9.08. The Kier molecular flexibility index (Phi) is 5.13. The van der Waals surface area contributed by atoms with Crippen molar-refractivity contribution in [2.24, 2.45) is 10.2 Å². The fourth-order valence-electron chi connectivity index (χ4n) is 3.03. The zero-order valence-electron chi connectivity index (χ0n) is 14.2. The molecular formula is C19H22N4O2. The molecule has 130 valence electrons. The van der Waals surface area contributed by atoms with E-state index in [9.17, 15) is 9.59 Å². The summed E-state index contributed by atoms with van der Waals surface area (Å²) in [5, 5.41) is 11.0. The number of hydrogen-bond donors (Lipinski definition) is 1. The number of carbonyl (C=O) groups excluding carboxylic acids is 2. The smallest absolute Gasteiger partial charge is 0.227 e. The van der Waals surface area contributed by atoms with Gasteiger partial charge in [-0.1, -0.05) is 12.1 Å². The zero-order valence-corrected chi connectivity index (χ0v) is 14.2. The van der Waals surface area contributed by atoms with Crippen molar-refractivity contribution in [2.75, 3.05) is 11.4 Å². The number of terminal acetylenes is 1. The number of nitrogens with zero attached hydrogens (tertiary/aromatic N) is 3. The fourth-order valence-corrected chi connectivity index (χ4v) is 3.03. The third-order valence-corrected chi connectivity index (χ3v) is 4.59. The first-order valence-corrected chi connectivity index (χ1v) is 8.65. The van der Waals surface area contributed by atoms with Gasteiger partial charge >= 0.3 is 0 Å². The highest BCUT2D eigenvalue weighted by Gasteiger charge is 2.39. The lowest BCUT2D eigenvalue weighted by Gasteiger charge is -2.16. The summed E-state index contributed by atoms with van der Waals surface area (Å²) in [6, 6.07) is 7.76. The van der Waals surface area contributed by atoms with Crippen LogP contribution in [-0.4, -0.2) is 24.0 Å². The second kappa shape index (κ2) is 7.47. The minimum Gasteiger partial charge on any atom is -0.352 e. The lowest BCUT2D eigenvalue weighted by molar-refractivity contribution is -0.121. The molecule has 1 fully saturated rings. The van der Waals surface area contributed by atoms with Crippen LogP contribution in [0.3, 0.4) is 0 Å². The largest absolute Gasteiger partial charge is 0.352 e. The van der Waals surface area contributed by atoms with Gasteiger partial charge in [0, 0.05) is 50.9 Å². The monoisotopic (exact) mass is 338 g/mol. The van der Waals surface area contributed by atoms with Crippen molar-refractivity contribution >= 4 is 17.5 Å². The van der Waals surface area contributed by atoms with E-state index in [1.54, 1.807) is 4.90 Å².